The topological polar surface area (TPSA) is 99.2 Å². The Kier molecular flexibility index (Phi) is 6.55. The molecule has 1 aliphatic rings. The van der Waals surface area contributed by atoms with E-state index in [4.69, 9.17) is 4.74 Å². The third-order valence-corrected chi connectivity index (χ3v) is 4.20. The highest BCUT2D eigenvalue weighted by Gasteiger charge is 2.49. The van der Waals surface area contributed by atoms with Gasteiger partial charge in [-0.1, -0.05) is 0 Å². The number of nitrogens with zero attached hydrogens (tertiary/aromatic N) is 1. The molecule has 0 fully saturated rings. The van der Waals surface area contributed by atoms with Gasteiger partial charge >= 0.3 is 21.7 Å². The standard InChI is InChI=1S/C14H20F3NO7S/c1-9-5-11(25-26(21,22)14(15,16)17)10(7-23-8-19)6-18(9)12(20)24-13(2,3)4/h8-9H,5-7H2,1-4H3. The van der Waals surface area contributed by atoms with Crippen LogP contribution in [0.5, 0.6) is 0 Å². The van der Waals surface area contributed by atoms with Gasteiger partial charge < -0.3 is 18.6 Å². The van der Waals surface area contributed by atoms with Gasteiger partial charge in [-0.2, -0.15) is 21.6 Å². The second kappa shape index (κ2) is 7.72. The molecule has 0 spiro atoms. The summed E-state index contributed by atoms with van der Waals surface area (Å²) >= 11 is 0. The van der Waals surface area contributed by atoms with Crippen molar-refractivity contribution in [2.75, 3.05) is 13.2 Å². The molecule has 0 saturated heterocycles. The molecular formula is C14H20F3NO7S. The molecule has 0 aromatic rings. The van der Waals surface area contributed by atoms with E-state index in [2.05, 4.69) is 8.92 Å². The van der Waals surface area contributed by atoms with E-state index < -0.39 is 45.7 Å². The van der Waals surface area contributed by atoms with Crippen LogP contribution >= 0.6 is 0 Å². The van der Waals surface area contributed by atoms with Gasteiger partial charge in [-0.25, -0.2) is 4.79 Å². The average molecular weight is 403 g/mol. The first-order valence-electron chi connectivity index (χ1n) is 7.44. The number of rotatable bonds is 5. The fourth-order valence-corrected chi connectivity index (χ4v) is 2.62. The summed E-state index contributed by atoms with van der Waals surface area (Å²) < 4.78 is 74.1. The lowest BCUT2D eigenvalue weighted by molar-refractivity contribution is -0.128. The van der Waals surface area contributed by atoms with Crippen LogP contribution in [-0.4, -0.2) is 56.2 Å². The highest BCUT2D eigenvalue weighted by atomic mass is 32.2. The van der Waals surface area contributed by atoms with Crippen LogP contribution < -0.4 is 0 Å². The molecule has 12 heteroatoms. The predicted molar refractivity (Wildman–Crippen MR) is 82.1 cm³/mol. The Balaban J connectivity index is 3.14. The molecule has 1 rings (SSSR count). The molecule has 1 heterocycles. The van der Waals surface area contributed by atoms with Crippen LogP contribution in [0.3, 0.4) is 0 Å². The first kappa shape index (κ1) is 22.1. The van der Waals surface area contributed by atoms with E-state index in [0.717, 1.165) is 0 Å². The molecule has 1 aliphatic heterocycles. The number of carbonyl (C=O) groups excluding carboxylic acids is 2. The minimum absolute atomic E-state index is 0.0404. The van der Waals surface area contributed by atoms with Gasteiger partial charge in [-0.3, -0.25) is 4.79 Å². The number of hydrogen-bond donors (Lipinski definition) is 0. The summed E-state index contributed by atoms with van der Waals surface area (Å²) in [6.07, 6.45) is -1.07. The Morgan fingerprint density at radius 1 is 1.31 bits per heavy atom. The van der Waals surface area contributed by atoms with Crippen molar-refractivity contribution in [1.29, 1.82) is 0 Å². The summed E-state index contributed by atoms with van der Waals surface area (Å²) in [5, 5.41) is 0. The summed E-state index contributed by atoms with van der Waals surface area (Å²) in [4.78, 5) is 23.8. The van der Waals surface area contributed by atoms with Gasteiger partial charge in [0, 0.05) is 18.0 Å². The predicted octanol–water partition coefficient (Wildman–Crippen LogP) is 2.31. The zero-order valence-electron chi connectivity index (χ0n) is 14.6. The van der Waals surface area contributed by atoms with Gasteiger partial charge in [0.25, 0.3) is 6.47 Å². The largest absolute Gasteiger partial charge is 0.534 e. The zero-order chi connectivity index (χ0) is 20.3. The molecule has 0 aromatic carbocycles. The molecule has 1 amide bonds. The van der Waals surface area contributed by atoms with E-state index in [1.165, 1.54) is 11.8 Å². The van der Waals surface area contributed by atoms with Crippen molar-refractivity contribution in [3.8, 4) is 0 Å². The molecule has 150 valence electrons. The summed E-state index contributed by atoms with van der Waals surface area (Å²) in [5.41, 5.74) is -6.51. The molecule has 0 saturated carbocycles. The highest BCUT2D eigenvalue weighted by Crippen LogP contribution is 2.32. The van der Waals surface area contributed by atoms with E-state index in [-0.39, 0.29) is 25.0 Å². The Labute approximate surface area is 149 Å². The van der Waals surface area contributed by atoms with Crippen LogP contribution in [0.25, 0.3) is 0 Å². The quantitative estimate of drug-likeness (QED) is 0.395. The molecule has 8 nitrogen and oxygen atoms in total. The van der Waals surface area contributed by atoms with E-state index in [0.29, 0.717) is 0 Å². The molecular weight excluding hydrogens is 383 g/mol. The fourth-order valence-electron chi connectivity index (χ4n) is 2.07. The molecule has 1 unspecified atom stereocenters. The smallest absolute Gasteiger partial charge is 0.463 e. The second-order valence-electron chi connectivity index (χ2n) is 6.58. The van der Waals surface area contributed by atoms with E-state index in [1.54, 1.807) is 20.8 Å². The monoisotopic (exact) mass is 403 g/mol. The minimum atomic E-state index is -5.88. The number of hydrogen-bond acceptors (Lipinski definition) is 7. The van der Waals surface area contributed by atoms with Crippen molar-refractivity contribution in [2.45, 2.75) is 51.3 Å². The van der Waals surface area contributed by atoms with Crippen molar-refractivity contribution in [1.82, 2.24) is 4.90 Å². The molecule has 26 heavy (non-hydrogen) atoms. The lowest BCUT2D eigenvalue weighted by Gasteiger charge is -2.36. The summed E-state index contributed by atoms with van der Waals surface area (Å²) in [6.45, 7) is 5.59. The number of ether oxygens (including phenoxy) is 2. The van der Waals surface area contributed by atoms with Crippen molar-refractivity contribution in [3.05, 3.63) is 11.3 Å². The fraction of sp³-hybridized carbons (Fsp3) is 0.714. The molecule has 0 bridgehead atoms. The van der Waals surface area contributed by atoms with Crippen molar-refractivity contribution in [2.24, 2.45) is 0 Å². The average Bonchev–Trinajstić information content (AvgIpc) is 2.42. The number of amides is 1. The van der Waals surface area contributed by atoms with Gasteiger partial charge in [0.05, 0.1) is 6.54 Å². The SMILES string of the molecule is CC1CC(OS(=O)(=O)C(F)(F)F)=C(COC=O)CN1C(=O)OC(C)(C)C. The van der Waals surface area contributed by atoms with Crippen LogP contribution in [0, 0.1) is 0 Å². The van der Waals surface area contributed by atoms with Crippen LogP contribution in [0.1, 0.15) is 34.1 Å². The maximum Gasteiger partial charge on any atom is 0.534 e. The van der Waals surface area contributed by atoms with Crippen LogP contribution in [0.15, 0.2) is 11.3 Å². The van der Waals surface area contributed by atoms with Crippen LogP contribution in [-0.2, 0) is 28.6 Å². The van der Waals surface area contributed by atoms with E-state index in [1.807, 2.05) is 0 Å². The van der Waals surface area contributed by atoms with E-state index in [9.17, 15) is 31.2 Å². The maximum atomic E-state index is 12.5. The van der Waals surface area contributed by atoms with Crippen molar-refractivity contribution < 1.29 is 44.8 Å². The Morgan fingerprint density at radius 3 is 2.35 bits per heavy atom. The molecule has 1 atom stereocenters. The third-order valence-electron chi connectivity index (χ3n) is 3.22. The van der Waals surface area contributed by atoms with Crippen molar-refractivity contribution in [3.63, 3.8) is 0 Å². The number of carbonyl (C=O) groups is 2. The summed E-state index contributed by atoms with van der Waals surface area (Å²) in [6, 6.07) is -0.705. The van der Waals surface area contributed by atoms with Crippen molar-refractivity contribution >= 4 is 22.7 Å². The van der Waals surface area contributed by atoms with Gasteiger partial charge in [-0.15, -0.1) is 0 Å². The molecule has 0 radical (unpaired) electrons. The van der Waals surface area contributed by atoms with Gasteiger partial charge in [0.1, 0.15) is 18.0 Å². The second-order valence-corrected chi connectivity index (χ2v) is 8.12. The molecule has 0 N–H and O–H groups in total. The first-order valence-corrected chi connectivity index (χ1v) is 8.85. The Bertz CT molecular complexity index is 680. The molecule has 0 aromatic heterocycles. The molecule has 0 aliphatic carbocycles. The van der Waals surface area contributed by atoms with Gasteiger partial charge in [0.15, 0.2) is 0 Å². The number of alkyl halides is 3. The summed E-state index contributed by atoms with van der Waals surface area (Å²) in [7, 11) is -5.88. The highest BCUT2D eigenvalue weighted by molar-refractivity contribution is 7.87. The van der Waals surface area contributed by atoms with Crippen LogP contribution in [0.4, 0.5) is 18.0 Å². The Hall–Kier alpha value is -1.98. The van der Waals surface area contributed by atoms with Gasteiger partial charge in [0.2, 0.25) is 0 Å². The lowest BCUT2D eigenvalue weighted by atomic mass is 10.0. The maximum absolute atomic E-state index is 12.5. The first-order chi connectivity index (χ1) is 11.7. The zero-order valence-corrected chi connectivity index (χ0v) is 15.4. The van der Waals surface area contributed by atoms with E-state index >= 15 is 0 Å². The van der Waals surface area contributed by atoms with Crippen LogP contribution in [0.2, 0.25) is 0 Å². The summed E-state index contributed by atoms with van der Waals surface area (Å²) in [5.74, 6) is -0.517. The lowest BCUT2D eigenvalue weighted by Crippen LogP contribution is -2.46. The normalized spacial score (nSPS) is 19.2. The van der Waals surface area contributed by atoms with Gasteiger partial charge in [-0.05, 0) is 27.7 Å². The third kappa shape index (κ3) is 5.78. The Morgan fingerprint density at radius 2 is 1.88 bits per heavy atom. The number of halogens is 3. The minimum Gasteiger partial charge on any atom is -0.463 e.